The summed E-state index contributed by atoms with van der Waals surface area (Å²) in [4.78, 5) is 14.3. The number of nitrogens with one attached hydrogen (secondary N) is 1. The standard InChI is InChI=1S/C22H24F3N5O/c23-22(24,25)17-6-7-20-19(14-17)27-28-30(20)18-9-12-29(13-10-18)15-21(31)26-11-8-16-4-2-1-3-5-16/h1-7,14,18H,8-13,15H2,(H,26,31). The molecule has 1 saturated heterocycles. The van der Waals surface area contributed by atoms with Gasteiger partial charge >= 0.3 is 6.18 Å². The van der Waals surface area contributed by atoms with E-state index in [1.165, 1.54) is 11.6 Å². The van der Waals surface area contributed by atoms with E-state index in [0.717, 1.165) is 44.5 Å². The minimum absolute atomic E-state index is 0.000247. The molecule has 0 unspecified atom stereocenters. The zero-order chi connectivity index (χ0) is 21.8. The average Bonchev–Trinajstić information content (AvgIpc) is 3.18. The van der Waals surface area contributed by atoms with Gasteiger partial charge in [0.25, 0.3) is 0 Å². The number of halogens is 3. The molecule has 31 heavy (non-hydrogen) atoms. The summed E-state index contributed by atoms with van der Waals surface area (Å²) >= 11 is 0. The number of hydrogen-bond donors (Lipinski definition) is 1. The summed E-state index contributed by atoms with van der Waals surface area (Å²) in [6.07, 6.45) is -2.08. The van der Waals surface area contributed by atoms with E-state index >= 15 is 0 Å². The number of nitrogens with zero attached hydrogens (tertiary/aromatic N) is 4. The maximum atomic E-state index is 12.9. The van der Waals surface area contributed by atoms with Crippen molar-refractivity contribution < 1.29 is 18.0 Å². The van der Waals surface area contributed by atoms with Gasteiger partial charge in [-0.2, -0.15) is 13.2 Å². The lowest BCUT2D eigenvalue weighted by Gasteiger charge is -2.31. The highest BCUT2D eigenvalue weighted by Crippen LogP contribution is 2.32. The Morgan fingerprint density at radius 3 is 2.55 bits per heavy atom. The molecule has 1 aliphatic rings. The molecule has 1 amide bonds. The highest BCUT2D eigenvalue weighted by molar-refractivity contribution is 5.78. The van der Waals surface area contributed by atoms with Crippen LogP contribution in [0.3, 0.4) is 0 Å². The Kier molecular flexibility index (Phi) is 6.22. The number of rotatable bonds is 6. The first-order chi connectivity index (χ1) is 14.9. The van der Waals surface area contributed by atoms with Crippen LogP contribution in [0.2, 0.25) is 0 Å². The molecule has 3 aromatic rings. The first-order valence-corrected chi connectivity index (χ1v) is 10.4. The fraction of sp³-hybridized carbons (Fsp3) is 0.409. The monoisotopic (exact) mass is 431 g/mol. The molecule has 4 rings (SSSR count). The topological polar surface area (TPSA) is 63.1 Å². The molecular formula is C22H24F3N5O. The van der Waals surface area contributed by atoms with Crippen molar-refractivity contribution in [2.75, 3.05) is 26.2 Å². The number of carbonyl (C=O) groups is 1. The SMILES string of the molecule is O=C(CN1CCC(n2nnc3cc(C(F)(F)F)ccc32)CC1)NCCc1ccccc1. The van der Waals surface area contributed by atoms with Crippen LogP contribution in [-0.4, -0.2) is 52.0 Å². The first kappa shape index (κ1) is 21.3. The smallest absolute Gasteiger partial charge is 0.355 e. The first-order valence-electron chi connectivity index (χ1n) is 10.4. The Bertz CT molecular complexity index is 1030. The second kappa shape index (κ2) is 9.05. The summed E-state index contributed by atoms with van der Waals surface area (Å²) in [6.45, 7) is 2.39. The van der Waals surface area contributed by atoms with E-state index in [1.807, 2.05) is 30.3 Å². The van der Waals surface area contributed by atoms with Gasteiger partial charge in [0.15, 0.2) is 0 Å². The van der Waals surface area contributed by atoms with Gasteiger partial charge in [0.1, 0.15) is 5.52 Å². The van der Waals surface area contributed by atoms with Crippen molar-refractivity contribution in [2.24, 2.45) is 0 Å². The third-order valence-electron chi connectivity index (χ3n) is 5.65. The van der Waals surface area contributed by atoms with E-state index in [2.05, 4.69) is 20.5 Å². The maximum Gasteiger partial charge on any atom is 0.416 e. The van der Waals surface area contributed by atoms with Gasteiger partial charge < -0.3 is 5.32 Å². The number of likely N-dealkylation sites (tertiary alicyclic amines) is 1. The summed E-state index contributed by atoms with van der Waals surface area (Å²) in [7, 11) is 0. The molecule has 0 bridgehead atoms. The Morgan fingerprint density at radius 1 is 1.10 bits per heavy atom. The van der Waals surface area contributed by atoms with Crippen LogP contribution in [-0.2, 0) is 17.4 Å². The number of aromatic nitrogens is 3. The maximum absolute atomic E-state index is 12.9. The van der Waals surface area contributed by atoms with Crippen molar-refractivity contribution in [2.45, 2.75) is 31.5 Å². The average molecular weight is 431 g/mol. The van der Waals surface area contributed by atoms with Crippen LogP contribution in [0.5, 0.6) is 0 Å². The minimum Gasteiger partial charge on any atom is -0.355 e. The molecule has 2 aromatic carbocycles. The van der Waals surface area contributed by atoms with Gasteiger partial charge in [-0.1, -0.05) is 35.5 Å². The fourth-order valence-electron chi connectivity index (χ4n) is 3.96. The van der Waals surface area contributed by atoms with Gasteiger partial charge in [0, 0.05) is 19.6 Å². The minimum atomic E-state index is -4.40. The number of amides is 1. The van der Waals surface area contributed by atoms with Crippen LogP contribution < -0.4 is 5.32 Å². The number of hydrogen-bond acceptors (Lipinski definition) is 4. The van der Waals surface area contributed by atoms with Crippen molar-refractivity contribution in [3.05, 3.63) is 59.7 Å². The molecule has 0 radical (unpaired) electrons. The molecule has 164 valence electrons. The molecule has 1 N–H and O–H groups in total. The van der Waals surface area contributed by atoms with E-state index in [0.29, 0.717) is 18.6 Å². The van der Waals surface area contributed by atoms with E-state index < -0.39 is 11.7 Å². The van der Waals surface area contributed by atoms with Crippen molar-refractivity contribution in [3.8, 4) is 0 Å². The third kappa shape index (κ3) is 5.22. The van der Waals surface area contributed by atoms with Gasteiger partial charge in [-0.05, 0) is 43.0 Å². The third-order valence-corrected chi connectivity index (χ3v) is 5.65. The quantitative estimate of drug-likeness (QED) is 0.650. The molecule has 0 aliphatic carbocycles. The summed E-state index contributed by atoms with van der Waals surface area (Å²) < 4.78 is 40.4. The predicted octanol–water partition coefficient (Wildman–Crippen LogP) is 3.45. The summed E-state index contributed by atoms with van der Waals surface area (Å²) in [5.41, 5.74) is 1.31. The molecule has 0 spiro atoms. The van der Waals surface area contributed by atoms with Gasteiger partial charge in [-0.25, -0.2) is 4.68 Å². The van der Waals surface area contributed by atoms with Crippen LogP contribution in [0, 0.1) is 0 Å². The van der Waals surface area contributed by atoms with Crippen molar-refractivity contribution in [1.82, 2.24) is 25.2 Å². The van der Waals surface area contributed by atoms with Gasteiger partial charge in [0.05, 0.1) is 23.7 Å². The molecule has 0 atom stereocenters. The summed E-state index contributed by atoms with van der Waals surface area (Å²) in [6, 6.07) is 13.6. The highest BCUT2D eigenvalue weighted by atomic mass is 19.4. The molecule has 6 nitrogen and oxygen atoms in total. The van der Waals surface area contributed by atoms with E-state index in [-0.39, 0.29) is 17.5 Å². The zero-order valence-electron chi connectivity index (χ0n) is 17.0. The number of benzene rings is 2. The fourth-order valence-corrected chi connectivity index (χ4v) is 3.96. The Balaban J connectivity index is 1.27. The van der Waals surface area contributed by atoms with Crippen LogP contribution in [0.15, 0.2) is 48.5 Å². The van der Waals surface area contributed by atoms with Gasteiger partial charge in [0.2, 0.25) is 5.91 Å². The van der Waals surface area contributed by atoms with E-state index in [4.69, 9.17) is 0 Å². The van der Waals surface area contributed by atoms with Crippen LogP contribution >= 0.6 is 0 Å². The Morgan fingerprint density at radius 2 is 1.84 bits per heavy atom. The lowest BCUT2D eigenvalue weighted by Crippen LogP contribution is -2.42. The summed E-state index contributed by atoms with van der Waals surface area (Å²) in [5, 5.41) is 11.0. The normalized spacial score (nSPS) is 16.0. The van der Waals surface area contributed by atoms with E-state index in [1.54, 1.807) is 4.68 Å². The lowest BCUT2D eigenvalue weighted by atomic mass is 10.0. The zero-order valence-corrected chi connectivity index (χ0v) is 17.0. The van der Waals surface area contributed by atoms with Crippen LogP contribution in [0.25, 0.3) is 11.0 Å². The molecule has 1 fully saturated rings. The van der Waals surface area contributed by atoms with Crippen LogP contribution in [0.1, 0.15) is 30.0 Å². The highest BCUT2D eigenvalue weighted by Gasteiger charge is 2.31. The molecule has 2 heterocycles. The Labute approximate surface area is 178 Å². The van der Waals surface area contributed by atoms with Gasteiger partial charge in [-0.3, -0.25) is 9.69 Å². The van der Waals surface area contributed by atoms with Crippen LogP contribution in [0.4, 0.5) is 13.2 Å². The lowest BCUT2D eigenvalue weighted by molar-refractivity contribution is -0.137. The van der Waals surface area contributed by atoms with Gasteiger partial charge in [-0.15, -0.1) is 5.10 Å². The largest absolute Gasteiger partial charge is 0.416 e. The second-order valence-electron chi connectivity index (χ2n) is 7.83. The van der Waals surface area contributed by atoms with Crippen molar-refractivity contribution in [1.29, 1.82) is 0 Å². The number of piperidine rings is 1. The second-order valence-corrected chi connectivity index (χ2v) is 7.83. The number of fused-ring (bicyclic) bond motifs is 1. The number of carbonyl (C=O) groups excluding carboxylic acids is 1. The van der Waals surface area contributed by atoms with Crippen molar-refractivity contribution >= 4 is 16.9 Å². The molecular weight excluding hydrogens is 407 g/mol. The summed E-state index contributed by atoms with van der Waals surface area (Å²) in [5.74, 6) is 0.000247. The molecule has 0 saturated carbocycles. The molecule has 1 aromatic heterocycles. The molecule has 9 heteroatoms. The Hall–Kier alpha value is -2.94. The number of alkyl halides is 3. The molecule has 1 aliphatic heterocycles. The van der Waals surface area contributed by atoms with E-state index in [9.17, 15) is 18.0 Å². The van der Waals surface area contributed by atoms with Crippen molar-refractivity contribution in [3.63, 3.8) is 0 Å². The predicted molar refractivity (Wildman–Crippen MR) is 110 cm³/mol.